The SMILES string of the molecule is C=C/C=C(\C=C/C)c1ccc(Nc2ccc3sc4ccccc4c3c2)cc1. The van der Waals surface area contributed by atoms with E-state index in [1.807, 2.05) is 36.5 Å². The maximum absolute atomic E-state index is 3.80. The number of hydrogen-bond acceptors (Lipinski definition) is 2. The van der Waals surface area contributed by atoms with Crippen LogP contribution in [0.2, 0.25) is 0 Å². The Morgan fingerprint density at radius 3 is 2.41 bits per heavy atom. The van der Waals surface area contributed by atoms with Crippen LogP contribution in [0, 0.1) is 0 Å². The van der Waals surface area contributed by atoms with E-state index in [1.54, 1.807) is 0 Å². The van der Waals surface area contributed by atoms with Gasteiger partial charge in [0, 0.05) is 31.5 Å². The predicted octanol–water partition coefficient (Wildman–Crippen LogP) is 7.94. The van der Waals surface area contributed by atoms with Gasteiger partial charge in [-0.05, 0) is 54.5 Å². The van der Waals surface area contributed by atoms with Crippen molar-refractivity contribution in [1.29, 1.82) is 0 Å². The molecule has 0 spiro atoms. The van der Waals surface area contributed by atoms with Gasteiger partial charge in [-0.3, -0.25) is 0 Å². The van der Waals surface area contributed by atoms with Crippen LogP contribution < -0.4 is 5.32 Å². The van der Waals surface area contributed by atoms with Gasteiger partial charge in [0.2, 0.25) is 0 Å². The highest BCUT2D eigenvalue weighted by Gasteiger charge is 2.05. The van der Waals surface area contributed by atoms with Crippen LogP contribution in [0.5, 0.6) is 0 Å². The zero-order chi connectivity index (χ0) is 18.6. The van der Waals surface area contributed by atoms with Gasteiger partial charge in [-0.15, -0.1) is 11.3 Å². The van der Waals surface area contributed by atoms with Gasteiger partial charge in [0.1, 0.15) is 0 Å². The lowest BCUT2D eigenvalue weighted by Gasteiger charge is -2.09. The van der Waals surface area contributed by atoms with Gasteiger partial charge in [0.05, 0.1) is 0 Å². The minimum atomic E-state index is 1.08. The summed E-state index contributed by atoms with van der Waals surface area (Å²) in [5.41, 5.74) is 4.52. The van der Waals surface area contributed by atoms with Crippen LogP contribution in [0.25, 0.3) is 25.7 Å². The Labute approximate surface area is 164 Å². The maximum Gasteiger partial charge on any atom is 0.0391 e. The lowest BCUT2D eigenvalue weighted by Crippen LogP contribution is -1.90. The average Bonchev–Trinajstić information content (AvgIpc) is 3.07. The van der Waals surface area contributed by atoms with Crippen LogP contribution in [-0.4, -0.2) is 0 Å². The summed E-state index contributed by atoms with van der Waals surface area (Å²) in [6.45, 7) is 5.83. The Balaban J connectivity index is 1.63. The van der Waals surface area contributed by atoms with Crippen LogP contribution in [0.4, 0.5) is 11.4 Å². The van der Waals surface area contributed by atoms with Crippen molar-refractivity contribution in [1.82, 2.24) is 0 Å². The summed E-state index contributed by atoms with van der Waals surface area (Å²) in [6.07, 6.45) is 7.99. The van der Waals surface area contributed by atoms with E-state index in [9.17, 15) is 0 Å². The molecule has 0 unspecified atom stereocenters. The molecule has 1 aromatic heterocycles. The van der Waals surface area contributed by atoms with E-state index in [-0.39, 0.29) is 0 Å². The van der Waals surface area contributed by atoms with Crippen molar-refractivity contribution in [2.24, 2.45) is 0 Å². The number of fused-ring (bicyclic) bond motifs is 3. The van der Waals surface area contributed by atoms with Crippen molar-refractivity contribution < 1.29 is 0 Å². The normalized spacial score (nSPS) is 12.1. The highest BCUT2D eigenvalue weighted by Crippen LogP contribution is 2.35. The molecule has 0 radical (unpaired) electrons. The third kappa shape index (κ3) is 3.57. The second-order valence-corrected chi connectivity index (χ2v) is 7.45. The van der Waals surface area contributed by atoms with Crippen molar-refractivity contribution in [3.8, 4) is 0 Å². The summed E-state index contributed by atoms with van der Waals surface area (Å²) in [4.78, 5) is 0. The summed E-state index contributed by atoms with van der Waals surface area (Å²) in [5.74, 6) is 0. The van der Waals surface area contributed by atoms with Gasteiger partial charge in [0.25, 0.3) is 0 Å². The molecule has 0 fully saturated rings. The molecule has 27 heavy (non-hydrogen) atoms. The van der Waals surface area contributed by atoms with E-state index in [0.717, 1.165) is 16.9 Å². The molecule has 0 atom stereocenters. The number of nitrogens with one attached hydrogen (secondary N) is 1. The van der Waals surface area contributed by atoms with Crippen LogP contribution in [-0.2, 0) is 0 Å². The molecule has 1 N–H and O–H groups in total. The molecule has 4 rings (SSSR count). The quantitative estimate of drug-likeness (QED) is 0.353. The van der Waals surface area contributed by atoms with Crippen molar-refractivity contribution in [2.45, 2.75) is 6.92 Å². The number of benzene rings is 3. The molecular weight excluding hydrogens is 346 g/mol. The van der Waals surface area contributed by atoms with Crippen molar-refractivity contribution >= 4 is 48.5 Å². The Kier molecular flexibility index (Phi) is 4.91. The first-order valence-corrected chi connectivity index (χ1v) is 9.84. The van der Waals surface area contributed by atoms with Crippen molar-refractivity contribution in [3.63, 3.8) is 0 Å². The Morgan fingerprint density at radius 1 is 0.889 bits per heavy atom. The van der Waals surface area contributed by atoms with E-state index < -0.39 is 0 Å². The summed E-state index contributed by atoms with van der Waals surface area (Å²) in [7, 11) is 0. The van der Waals surface area contributed by atoms with Gasteiger partial charge >= 0.3 is 0 Å². The summed E-state index contributed by atoms with van der Waals surface area (Å²) >= 11 is 1.84. The third-order valence-corrected chi connectivity index (χ3v) is 5.68. The highest BCUT2D eigenvalue weighted by molar-refractivity contribution is 7.25. The molecule has 0 aliphatic heterocycles. The number of allylic oxidation sites excluding steroid dienone is 5. The van der Waals surface area contributed by atoms with Crippen LogP contribution >= 0.6 is 11.3 Å². The molecule has 0 saturated carbocycles. The first kappa shape index (κ1) is 17.3. The van der Waals surface area contributed by atoms with E-state index in [1.165, 1.54) is 25.7 Å². The van der Waals surface area contributed by atoms with E-state index >= 15 is 0 Å². The van der Waals surface area contributed by atoms with E-state index in [4.69, 9.17) is 0 Å². The fraction of sp³-hybridized carbons (Fsp3) is 0.0400. The predicted molar refractivity (Wildman–Crippen MR) is 122 cm³/mol. The van der Waals surface area contributed by atoms with Gasteiger partial charge in [-0.1, -0.05) is 61.2 Å². The Morgan fingerprint density at radius 2 is 1.63 bits per heavy atom. The zero-order valence-electron chi connectivity index (χ0n) is 15.3. The van der Waals surface area contributed by atoms with E-state index in [0.29, 0.717) is 0 Å². The molecule has 1 heterocycles. The van der Waals surface area contributed by atoms with Crippen LogP contribution in [0.3, 0.4) is 0 Å². The van der Waals surface area contributed by atoms with E-state index in [2.05, 4.69) is 84.7 Å². The molecule has 0 amide bonds. The van der Waals surface area contributed by atoms with Gasteiger partial charge in [-0.25, -0.2) is 0 Å². The second-order valence-electron chi connectivity index (χ2n) is 6.37. The smallest absolute Gasteiger partial charge is 0.0391 e. The highest BCUT2D eigenvalue weighted by atomic mass is 32.1. The zero-order valence-corrected chi connectivity index (χ0v) is 16.1. The fourth-order valence-corrected chi connectivity index (χ4v) is 4.36. The number of rotatable bonds is 5. The second kappa shape index (κ2) is 7.65. The van der Waals surface area contributed by atoms with Crippen molar-refractivity contribution in [3.05, 3.63) is 103 Å². The molecule has 132 valence electrons. The monoisotopic (exact) mass is 367 g/mol. The maximum atomic E-state index is 3.80. The summed E-state index contributed by atoms with van der Waals surface area (Å²) < 4.78 is 2.65. The summed E-state index contributed by atoms with van der Waals surface area (Å²) in [6, 6.07) is 23.7. The summed E-state index contributed by atoms with van der Waals surface area (Å²) in [5, 5.41) is 6.16. The molecule has 0 bridgehead atoms. The number of hydrogen-bond donors (Lipinski definition) is 1. The molecule has 3 aromatic carbocycles. The minimum Gasteiger partial charge on any atom is -0.356 e. The average molecular weight is 368 g/mol. The number of anilines is 2. The van der Waals surface area contributed by atoms with Gasteiger partial charge < -0.3 is 5.32 Å². The lowest BCUT2D eigenvalue weighted by molar-refractivity contribution is 1.54. The minimum absolute atomic E-state index is 1.08. The van der Waals surface area contributed by atoms with Gasteiger partial charge in [-0.2, -0.15) is 0 Å². The van der Waals surface area contributed by atoms with Gasteiger partial charge in [0.15, 0.2) is 0 Å². The molecule has 4 aromatic rings. The molecule has 1 nitrogen and oxygen atoms in total. The standard InChI is InChI=1S/C25H21NS/c1-3-7-18(8-4-2)19-11-13-20(14-12-19)26-21-15-16-25-23(17-21)22-9-5-6-10-24(22)27-25/h3-17,26H,1H2,2H3/b8-4-,18-7+. The molecule has 0 aliphatic rings. The first-order chi connectivity index (χ1) is 13.3. The van der Waals surface area contributed by atoms with Crippen LogP contribution in [0.1, 0.15) is 12.5 Å². The Bertz CT molecular complexity index is 1160. The number of thiophene rings is 1. The molecular formula is C25H21NS. The topological polar surface area (TPSA) is 12.0 Å². The van der Waals surface area contributed by atoms with Crippen LogP contribution in [0.15, 0.2) is 97.6 Å². The molecule has 0 aliphatic carbocycles. The molecule has 2 heteroatoms. The third-order valence-electron chi connectivity index (χ3n) is 4.53. The van der Waals surface area contributed by atoms with Crippen molar-refractivity contribution in [2.75, 3.05) is 5.32 Å². The molecule has 0 saturated heterocycles. The lowest BCUT2D eigenvalue weighted by atomic mass is 10.0. The Hall–Kier alpha value is -3.10. The largest absolute Gasteiger partial charge is 0.356 e. The first-order valence-electron chi connectivity index (χ1n) is 9.02. The fourth-order valence-electron chi connectivity index (χ4n) is 3.27.